The van der Waals surface area contributed by atoms with Gasteiger partial charge in [-0.1, -0.05) is 29.8 Å². The van der Waals surface area contributed by atoms with Crippen LogP contribution in [0.1, 0.15) is 16.7 Å². The number of ether oxygens (including phenoxy) is 1. The summed E-state index contributed by atoms with van der Waals surface area (Å²) in [4.78, 5) is 0. The monoisotopic (exact) mass is 261 g/mol. The predicted molar refractivity (Wildman–Crippen MR) is 76.1 cm³/mol. The molecule has 0 atom stereocenters. The number of hydrogen-bond donors (Lipinski definition) is 1. The summed E-state index contributed by atoms with van der Waals surface area (Å²) in [7, 11) is 0. The van der Waals surface area contributed by atoms with E-state index in [0.29, 0.717) is 23.1 Å². The lowest BCUT2D eigenvalue weighted by Crippen LogP contribution is -2.01. The fraction of sp³-hybridized carbons (Fsp3) is 0.200. The highest BCUT2D eigenvalue weighted by atomic mass is 35.5. The molecule has 0 unspecified atom stereocenters. The number of rotatable bonds is 3. The minimum atomic E-state index is 0.516. The lowest BCUT2D eigenvalue weighted by Gasteiger charge is -2.12. The van der Waals surface area contributed by atoms with Crippen LogP contribution in [0.25, 0.3) is 0 Å². The van der Waals surface area contributed by atoms with Gasteiger partial charge in [-0.05, 0) is 48.7 Å². The maximum absolute atomic E-state index is 6.07. The lowest BCUT2D eigenvalue weighted by molar-refractivity contribution is 0.305. The number of benzene rings is 2. The predicted octanol–water partition coefficient (Wildman–Crippen LogP) is 4.12. The minimum Gasteiger partial charge on any atom is -0.487 e. The highest BCUT2D eigenvalue weighted by Gasteiger charge is 2.06. The summed E-state index contributed by atoms with van der Waals surface area (Å²) in [5, 5.41) is 0.543. The zero-order valence-corrected chi connectivity index (χ0v) is 11.3. The molecule has 2 rings (SSSR count). The molecule has 0 saturated heterocycles. The van der Waals surface area contributed by atoms with E-state index in [9.17, 15) is 0 Å². The van der Waals surface area contributed by atoms with Crippen LogP contribution in [0, 0.1) is 13.8 Å². The Hall–Kier alpha value is -1.67. The lowest BCUT2D eigenvalue weighted by atomic mass is 10.0. The first-order valence-corrected chi connectivity index (χ1v) is 6.18. The molecule has 0 amide bonds. The normalized spacial score (nSPS) is 10.4. The molecule has 0 aromatic heterocycles. The number of anilines is 1. The van der Waals surface area contributed by atoms with Crippen molar-refractivity contribution < 1.29 is 4.74 Å². The number of nitrogen functional groups attached to an aromatic ring is 1. The van der Waals surface area contributed by atoms with Crippen LogP contribution < -0.4 is 10.5 Å². The Morgan fingerprint density at radius 1 is 1.11 bits per heavy atom. The van der Waals surface area contributed by atoms with Crippen LogP contribution in [-0.2, 0) is 6.61 Å². The molecule has 94 valence electrons. The van der Waals surface area contributed by atoms with Crippen LogP contribution in [0.15, 0.2) is 36.4 Å². The van der Waals surface area contributed by atoms with Gasteiger partial charge in [0.25, 0.3) is 0 Å². The topological polar surface area (TPSA) is 35.2 Å². The fourth-order valence-electron chi connectivity index (χ4n) is 1.86. The van der Waals surface area contributed by atoms with Crippen molar-refractivity contribution in [2.24, 2.45) is 0 Å². The molecule has 3 heteroatoms. The Morgan fingerprint density at radius 3 is 2.39 bits per heavy atom. The van der Waals surface area contributed by atoms with E-state index in [1.807, 2.05) is 6.07 Å². The molecule has 0 saturated carbocycles. The molecule has 18 heavy (non-hydrogen) atoms. The number of halogens is 1. The van der Waals surface area contributed by atoms with Gasteiger partial charge in [-0.2, -0.15) is 0 Å². The van der Waals surface area contributed by atoms with Gasteiger partial charge in [-0.15, -0.1) is 0 Å². The van der Waals surface area contributed by atoms with E-state index in [0.717, 1.165) is 0 Å². The van der Waals surface area contributed by atoms with Crippen molar-refractivity contribution in [2.75, 3.05) is 5.73 Å². The molecule has 0 aliphatic carbocycles. The summed E-state index contributed by atoms with van der Waals surface area (Å²) in [5.41, 5.74) is 9.93. The van der Waals surface area contributed by atoms with Gasteiger partial charge in [0.2, 0.25) is 0 Å². The first-order valence-electron chi connectivity index (χ1n) is 5.81. The molecule has 0 spiro atoms. The van der Waals surface area contributed by atoms with Crippen molar-refractivity contribution in [1.29, 1.82) is 0 Å². The Morgan fingerprint density at radius 2 is 1.78 bits per heavy atom. The Kier molecular flexibility index (Phi) is 3.78. The Labute approximate surface area is 112 Å². The summed E-state index contributed by atoms with van der Waals surface area (Å²) >= 11 is 6.07. The Bertz CT molecular complexity index is 546. The SMILES string of the molecule is Cc1cccc(C)c1COc1ccc(N)cc1Cl. The van der Waals surface area contributed by atoms with E-state index in [1.165, 1.54) is 16.7 Å². The molecule has 0 bridgehead atoms. The molecule has 0 heterocycles. The molecular formula is C15H16ClNO. The van der Waals surface area contributed by atoms with E-state index in [4.69, 9.17) is 22.1 Å². The van der Waals surface area contributed by atoms with Crippen LogP contribution in [0.3, 0.4) is 0 Å². The van der Waals surface area contributed by atoms with Crippen LogP contribution >= 0.6 is 11.6 Å². The van der Waals surface area contributed by atoms with Crippen LogP contribution in [0.2, 0.25) is 5.02 Å². The average molecular weight is 262 g/mol. The highest BCUT2D eigenvalue weighted by Crippen LogP contribution is 2.27. The van der Waals surface area contributed by atoms with Gasteiger partial charge in [0, 0.05) is 5.69 Å². The van der Waals surface area contributed by atoms with E-state index in [1.54, 1.807) is 18.2 Å². The van der Waals surface area contributed by atoms with Crippen molar-refractivity contribution in [3.8, 4) is 5.75 Å². The maximum atomic E-state index is 6.07. The van der Waals surface area contributed by atoms with Crippen molar-refractivity contribution in [3.63, 3.8) is 0 Å². The van der Waals surface area contributed by atoms with Crippen molar-refractivity contribution in [2.45, 2.75) is 20.5 Å². The standard InChI is InChI=1S/C15H16ClNO/c1-10-4-3-5-11(2)13(10)9-18-15-7-6-12(17)8-14(15)16/h3-8H,9,17H2,1-2H3. The van der Waals surface area contributed by atoms with Gasteiger partial charge in [-0.25, -0.2) is 0 Å². The molecule has 2 aromatic rings. The van der Waals surface area contributed by atoms with E-state index in [2.05, 4.69) is 26.0 Å². The smallest absolute Gasteiger partial charge is 0.138 e. The second kappa shape index (κ2) is 5.32. The van der Waals surface area contributed by atoms with Gasteiger partial charge in [0.1, 0.15) is 12.4 Å². The van der Waals surface area contributed by atoms with Crippen LogP contribution in [0.4, 0.5) is 5.69 Å². The van der Waals surface area contributed by atoms with Crippen molar-refractivity contribution in [3.05, 3.63) is 58.1 Å². The summed E-state index contributed by atoms with van der Waals surface area (Å²) in [6.07, 6.45) is 0. The fourth-order valence-corrected chi connectivity index (χ4v) is 2.10. The molecule has 2 nitrogen and oxygen atoms in total. The van der Waals surface area contributed by atoms with E-state index >= 15 is 0 Å². The van der Waals surface area contributed by atoms with Crippen LogP contribution in [-0.4, -0.2) is 0 Å². The zero-order valence-electron chi connectivity index (χ0n) is 10.5. The van der Waals surface area contributed by atoms with Gasteiger partial charge in [0.05, 0.1) is 5.02 Å². The molecule has 0 radical (unpaired) electrons. The van der Waals surface area contributed by atoms with Crippen molar-refractivity contribution in [1.82, 2.24) is 0 Å². The van der Waals surface area contributed by atoms with Gasteiger partial charge in [0.15, 0.2) is 0 Å². The first-order chi connectivity index (χ1) is 8.58. The number of aryl methyl sites for hydroxylation is 2. The van der Waals surface area contributed by atoms with Crippen LogP contribution in [0.5, 0.6) is 5.75 Å². The van der Waals surface area contributed by atoms with Gasteiger partial charge in [-0.3, -0.25) is 0 Å². The quantitative estimate of drug-likeness (QED) is 0.844. The van der Waals surface area contributed by atoms with Gasteiger partial charge >= 0.3 is 0 Å². The second-order valence-corrected chi connectivity index (χ2v) is 4.76. The zero-order chi connectivity index (χ0) is 13.1. The Balaban J connectivity index is 2.16. The molecule has 0 aliphatic heterocycles. The average Bonchev–Trinajstić information content (AvgIpc) is 2.31. The van der Waals surface area contributed by atoms with E-state index in [-0.39, 0.29) is 0 Å². The third kappa shape index (κ3) is 2.77. The second-order valence-electron chi connectivity index (χ2n) is 4.35. The third-order valence-electron chi connectivity index (χ3n) is 2.97. The summed E-state index contributed by atoms with van der Waals surface area (Å²) < 4.78 is 5.75. The minimum absolute atomic E-state index is 0.516. The summed E-state index contributed by atoms with van der Waals surface area (Å²) in [6.45, 7) is 4.68. The third-order valence-corrected chi connectivity index (χ3v) is 3.27. The van der Waals surface area contributed by atoms with Gasteiger partial charge < -0.3 is 10.5 Å². The molecule has 2 N–H and O–H groups in total. The summed E-state index contributed by atoms with van der Waals surface area (Å²) in [5.74, 6) is 0.661. The highest BCUT2D eigenvalue weighted by molar-refractivity contribution is 6.32. The number of hydrogen-bond acceptors (Lipinski definition) is 2. The summed E-state index contributed by atoms with van der Waals surface area (Å²) in [6, 6.07) is 11.5. The largest absolute Gasteiger partial charge is 0.487 e. The molecule has 0 aliphatic rings. The number of nitrogens with two attached hydrogens (primary N) is 1. The van der Waals surface area contributed by atoms with Crippen molar-refractivity contribution >= 4 is 17.3 Å². The maximum Gasteiger partial charge on any atom is 0.138 e. The van der Waals surface area contributed by atoms with E-state index < -0.39 is 0 Å². The molecule has 2 aromatic carbocycles. The first kappa shape index (κ1) is 12.8. The molecule has 0 fully saturated rings. The molecular weight excluding hydrogens is 246 g/mol.